The third-order valence-electron chi connectivity index (χ3n) is 3.00. The van der Waals surface area contributed by atoms with E-state index in [0.717, 1.165) is 15.8 Å². The Labute approximate surface area is 143 Å². The number of hydrogen-bond acceptors (Lipinski definition) is 4. The van der Waals surface area contributed by atoms with Crippen molar-refractivity contribution in [2.24, 2.45) is 5.10 Å². The van der Waals surface area contributed by atoms with Crippen molar-refractivity contribution in [2.75, 3.05) is 7.11 Å². The summed E-state index contributed by atoms with van der Waals surface area (Å²) in [7, 11) is 1.61. The van der Waals surface area contributed by atoms with Gasteiger partial charge in [0.25, 0.3) is 5.91 Å². The van der Waals surface area contributed by atoms with Gasteiger partial charge in [0.05, 0.1) is 13.3 Å². The van der Waals surface area contributed by atoms with Crippen LogP contribution in [0.15, 0.2) is 58.1 Å². The first-order valence-corrected chi connectivity index (χ1v) is 7.77. The van der Waals surface area contributed by atoms with Gasteiger partial charge in [0.2, 0.25) is 0 Å². The predicted octanol–water partition coefficient (Wildman–Crippen LogP) is 3.38. The number of carbonyl (C=O) groups is 1. The van der Waals surface area contributed by atoms with E-state index in [1.54, 1.807) is 32.4 Å². The lowest BCUT2D eigenvalue weighted by Gasteiger charge is -2.12. The summed E-state index contributed by atoms with van der Waals surface area (Å²) in [5.41, 5.74) is 3.31. The van der Waals surface area contributed by atoms with Crippen LogP contribution >= 0.6 is 15.9 Å². The van der Waals surface area contributed by atoms with E-state index in [4.69, 9.17) is 9.47 Å². The maximum Gasteiger partial charge on any atom is 0.280 e. The van der Waals surface area contributed by atoms with Gasteiger partial charge in [-0.1, -0.05) is 15.9 Å². The van der Waals surface area contributed by atoms with Crippen LogP contribution in [-0.4, -0.2) is 25.3 Å². The molecule has 1 atom stereocenters. The van der Waals surface area contributed by atoms with E-state index in [1.807, 2.05) is 36.4 Å². The quantitative estimate of drug-likeness (QED) is 0.620. The van der Waals surface area contributed by atoms with Gasteiger partial charge in [-0.15, -0.1) is 0 Å². The first-order valence-electron chi connectivity index (χ1n) is 6.97. The van der Waals surface area contributed by atoms with Crippen LogP contribution in [0.25, 0.3) is 0 Å². The van der Waals surface area contributed by atoms with E-state index in [0.29, 0.717) is 5.75 Å². The molecule has 2 aromatic carbocycles. The Balaban J connectivity index is 1.85. The highest BCUT2D eigenvalue weighted by atomic mass is 79.9. The Morgan fingerprint density at radius 2 is 1.74 bits per heavy atom. The van der Waals surface area contributed by atoms with Crippen molar-refractivity contribution in [2.45, 2.75) is 13.0 Å². The number of carbonyl (C=O) groups excluding carboxylic acids is 1. The molecule has 0 radical (unpaired) electrons. The fraction of sp³-hybridized carbons (Fsp3) is 0.176. The number of methoxy groups -OCH3 is 1. The Kier molecular flexibility index (Phi) is 6.17. The molecule has 2 aromatic rings. The van der Waals surface area contributed by atoms with Gasteiger partial charge in [0.15, 0.2) is 6.10 Å². The fourth-order valence-electron chi connectivity index (χ4n) is 1.72. The van der Waals surface area contributed by atoms with E-state index in [-0.39, 0.29) is 5.91 Å². The summed E-state index contributed by atoms with van der Waals surface area (Å²) >= 11 is 3.34. The molecule has 0 aliphatic heterocycles. The van der Waals surface area contributed by atoms with Crippen molar-refractivity contribution in [3.05, 3.63) is 58.6 Å². The molecule has 0 aliphatic rings. The van der Waals surface area contributed by atoms with Crippen molar-refractivity contribution >= 4 is 28.1 Å². The molecule has 0 saturated heterocycles. The summed E-state index contributed by atoms with van der Waals surface area (Å²) in [6.07, 6.45) is 0.910. The molecule has 1 N–H and O–H groups in total. The Morgan fingerprint density at radius 1 is 1.13 bits per heavy atom. The molecule has 2 rings (SSSR count). The van der Waals surface area contributed by atoms with Crippen molar-refractivity contribution in [1.29, 1.82) is 0 Å². The number of hydrogen-bond donors (Lipinski definition) is 1. The number of nitrogens with zero attached hydrogens (tertiary/aromatic N) is 1. The lowest BCUT2D eigenvalue weighted by molar-refractivity contribution is -0.127. The molecule has 0 saturated carbocycles. The number of amides is 1. The third kappa shape index (κ3) is 5.41. The number of rotatable bonds is 6. The molecule has 23 heavy (non-hydrogen) atoms. The Morgan fingerprint density at radius 3 is 2.35 bits per heavy atom. The van der Waals surface area contributed by atoms with Gasteiger partial charge in [-0.2, -0.15) is 5.10 Å². The SMILES string of the molecule is COc1ccc(/C=N\NC(=O)[C@H](C)Oc2ccc(Br)cc2)cc1. The second kappa shape index (κ2) is 8.33. The molecule has 0 aromatic heterocycles. The van der Waals surface area contributed by atoms with Gasteiger partial charge in [-0.05, 0) is 61.0 Å². The molecule has 5 nitrogen and oxygen atoms in total. The van der Waals surface area contributed by atoms with Crippen molar-refractivity contribution in [3.8, 4) is 11.5 Å². The van der Waals surface area contributed by atoms with Crippen LogP contribution in [0.1, 0.15) is 12.5 Å². The van der Waals surface area contributed by atoms with Crippen LogP contribution in [0.5, 0.6) is 11.5 Å². The van der Waals surface area contributed by atoms with Crippen LogP contribution < -0.4 is 14.9 Å². The summed E-state index contributed by atoms with van der Waals surface area (Å²) in [6.45, 7) is 1.67. The molecule has 0 heterocycles. The van der Waals surface area contributed by atoms with E-state index in [2.05, 4.69) is 26.5 Å². The molecule has 0 spiro atoms. The fourth-order valence-corrected chi connectivity index (χ4v) is 1.99. The monoisotopic (exact) mass is 376 g/mol. The minimum Gasteiger partial charge on any atom is -0.497 e. The van der Waals surface area contributed by atoms with E-state index < -0.39 is 6.10 Å². The molecule has 6 heteroatoms. The highest BCUT2D eigenvalue weighted by molar-refractivity contribution is 9.10. The third-order valence-corrected chi connectivity index (χ3v) is 3.53. The van der Waals surface area contributed by atoms with Gasteiger partial charge in [-0.3, -0.25) is 4.79 Å². The predicted molar refractivity (Wildman–Crippen MR) is 93.0 cm³/mol. The van der Waals surface area contributed by atoms with Crippen LogP contribution in [0.2, 0.25) is 0 Å². The van der Waals surface area contributed by atoms with Crippen molar-refractivity contribution in [1.82, 2.24) is 5.43 Å². The van der Waals surface area contributed by atoms with E-state index >= 15 is 0 Å². The number of nitrogens with one attached hydrogen (secondary N) is 1. The number of halogens is 1. The lowest BCUT2D eigenvalue weighted by Crippen LogP contribution is -2.33. The molecule has 0 aliphatic carbocycles. The highest BCUT2D eigenvalue weighted by Gasteiger charge is 2.13. The normalized spacial score (nSPS) is 12.0. The topological polar surface area (TPSA) is 59.9 Å². The summed E-state index contributed by atoms with van der Waals surface area (Å²) < 4.78 is 11.6. The molecule has 0 bridgehead atoms. The highest BCUT2D eigenvalue weighted by Crippen LogP contribution is 2.17. The first kappa shape index (κ1) is 17.0. The molecular formula is C17H17BrN2O3. The summed E-state index contributed by atoms with van der Waals surface area (Å²) in [6, 6.07) is 14.6. The van der Waals surface area contributed by atoms with Crippen LogP contribution in [-0.2, 0) is 4.79 Å². The number of hydrazone groups is 1. The second-order valence-electron chi connectivity index (χ2n) is 4.72. The van der Waals surface area contributed by atoms with Gasteiger partial charge in [0.1, 0.15) is 11.5 Å². The molecule has 120 valence electrons. The zero-order valence-corrected chi connectivity index (χ0v) is 14.4. The Hall–Kier alpha value is -2.34. The molecule has 0 unspecified atom stereocenters. The zero-order valence-electron chi connectivity index (χ0n) is 12.8. The summed E-state index contributed by atoms with van der Waals surface area (Å²) in [5.74, 6) is 1.07. The largest absolute Gasteiger partial charge is 0.497 e. The smallest absolute Gasteiger partial charge is 0.280 e. The maximum absolute atomic E-state index is 11.9. The average Bonchev–Trinajstić information content (AvgIpc) is 2.57. The zero-order chi connectivity index (χ0) is 16.7. The molecular weight excluding hydrogens is 360 g/mol. The summed E-state index contributed by atoms with van der Waals surface area (Å²) in [5, 5.41) is 3.92. The van der Waals surface area contributed by atoms with Gasteiger partial charge >= 0.3 is 0 Å². The maximum atomic E-state index is 11.9. The molecule has 0 fully saturated rings. The summed E-state index contributed by atoms with van der Waals surface area (Å²) in [4.78, 5) is 11.9. The van der Waals surface area contributed by atoms with Gasteiger partial charge < -0.3 is 9.47 Å². The van der Waals surface area contributed by atoms with Crippen molar-refractivity contribution in [3.63, 3.8) is 0 Å². The number of benzene rings is 2. The minimum atomic E-state index is -0.649. The minimum absolute atomic E-state index is 0.322. The van der Waals surface area contributed by atoms with Crippen LogP contribution in [0, 0.1) is 0 Å². The van der Waals surface area contributed by atoms with E-state index in [1.165, 1.54) is 0 Å². The van der Waals surface area contributed by atoms with E-state index in [9.17, 15) is 4.79 Å². The second-order valence-corrected chi connectivity index (χ2v) is 5.64. The Bertz CT molecular complexity index is 669. The average molecular weight is 377 g/mol. The number of ether oxygens (including phenoxy) is 2. The van der Waals surface area contributed by atoms with Gasteiger partial charge in [0, 0.05) is 4.47 Å². The first-order chi connectivity index (χ1) is 11.1. The van der Waals surface area contributed by atoms with Gasteiger partial charge in [-0.25, -0.2) is 5.43 Å². The van der Waals surface area contributed by atoms with Crippen molar-refractivity contribution < 1.29 is 14.3 Å². The van der Waals surface area contributed by atoms with Crippen LogP contribution in [0.3, 0.4) is 0 Å². The standard InChI is InChI=1S/C17H17BrN2O3/c1-12(23-16-9-5-14(18)6-10-16)17(21)20-19-11-13-3-7-15(22-2)8-4-13/h3-12H,1-2H3,(H,20,21)/b19-11-/t12-/m0/s1. The lowest BCUT2D eigenvalue weighted by atomic mass is 10.2. The van der Waals surface area contributed by atoms with Crippen LogP contribution in [0.4, 0.5) is 0 Å². The molecule has 1 amide bonds.